The Bertz CT molecular complexity index is 1320. The number of anilines is 1. The minimum atomic E-state index is -0.507. The Hall–Kier alpha value is -3.78. The summed E-state index contributed by atoms with van der Waals surface area (Å²) < 4.78 is 18.8. The van der Waals surface area contributed by atoms with Crippen molar-refractivity contribution in [3.63, 3.8) is 0 Å². The molecular formula is C31H37FN4O3. The van der Waals surface area contributed by atoms with Gasteiger partial charge in [0.1, 0.15) is 11.4 Å². The number of aromatic nitrogens is 1. The van der Waals surface area contributed by atoms with Gasteiger partial charge in [-0.3, -0.25) is 14.7 Å². The van der Waals surface area contributed by atoms with E-state index in [0.717, 1.165) is 36.4 Å². The van der Waals surface area contributed by atoms with Gasteiger partial charge in [0.15, 0.2) is 0 Å². The molecule has 2 heterocycles. The van der Waals surface area contributed by atoms with Crippen LogP contribution in [0.4, 0.5) is 14.9 Å². The molecule has 1 aliphatic rings. The Morgan fingerprint density at radius 2 is 1.69 bits per heavy atom. The molecule has 1 aliphatic heterocycles. The molecule has 0 bridgehead atoms. The second kappa shape index (κ2) is 11.5. The first-order valence-corrected chi connectivity index (χ1v) is 13.2. The van der Waals surface area contributed by atoms with Crippen molar-refractivity contribution < 1.29 is 18.7 Å². The Morgan fingerprint density at radius 1 is 1.03 bits per heavy atom. The largest absolute Gasteiger partial charge is 0.444 e. The van der Waals surface area contributed by atoms with Crippen molar-refractivity contribution in [1.82, 2.24) is 14.8 Å². The fourth-order valence-electron chi connectivity index (χ4n) is 4.72. The fraction of sp³-hybridized carbons (Fsp3) is 0.387. The minimum absolute atomic E-state index is 0.0583. The highest BCUT2D eigenvalue weighted by molar-refractivity contribution is 6.06. The highest BCUT2D eigenvalue weighted by Crippen LogP contribution is 2.23. The van der Waals surface area contributed by atoms with Gasteiger partial charge in [0.2, 0.25) is 0 Å². The van der Waals surface area contributed by atoms with Crippen molar-refractivity contribution >= 4 is 17.7 Å². The van der Waals surface area contributed by atoms with E-state index in [0.29, 0.717) is 23.5 Å². The topological polar surface area (TPSA) is 66.0 Å². The third kappa shape index (κ3) is 7.00. The van der Waals surface area contributed by atoms with E-state index < -0.39 is 5.60 Å². The zero-order valence-electron chi connectivity index (χ0n) is 23.6. The lowest BCUT2D eigenvalue weighted by molar-refractivity contribution is 0.000550. The van der Waals surface area contributed by atoms with Gasteiger partial charge in [-0.1, -0.05) is 12.1 Å². The predicted octanol–water partition coefficient (Wildman–Crippen LogP) is 5.91. The summed E-state index contributed by atoms with van der Waals surface area (Å²) in [6.07, 6.45) is -0.262. The van der Waals surface area contributed by atoms with Gasteiger partial charge in [0.25, 0.3) is 5.91 Å². The zero-order valence-corrected chi connectivity index (χ0v) is 23.6. The highest BCUT2D eigenvalue weighted by Gasteiger charge is 2.30. The van der Waals surface area contributed by atoms with E-state index in [1.165, 1.54) is 12.1 Å². The Labute approximate surface area is 230 Å². The number of carbonyl (C=O) groups is 2. The number of ether oxygens (including phenoxy) is 1. The van der Waals surface area contributed by atoms with E-state index in [-0.39, 0.29) is 23.9 Å². The van der Waals surface area contributed by atoms with Crippen LogP contribution in [0.25, 0.3) is 11.3 Å². The van der Waals surface area contributed by atoms with E-state index in [2.05, 4.69) is 9.88 Å². The highest BCUT2D eigenvalue weighted by atomic mass is 19.1. The van der Waals surface area contributed by atoms with Crippen molar-refractivity contribution in [2.24, 2.45) is 0 Å². The molecule has 0 spiro atoms. The first kappa shape index (κ1) is 28.2. The maximum Gasteiger partial charge on any atom is 0.410 e. The zero-order chi connectivity index (χ0) is 28.3. The van der Waals surface area contributed by atoms with Crippen LogP contribution in [0.1, 0.15) is 49.3 Å². The molecular weight excluding hydrogens is 495 g/mol. The van der Waals surface area contributed by atoms with Gasteiger partial charge >= 0.3 is 6.09 Å². The molecule has 206 valence electrons. The van der Waals surface area contributed by atoms with Crippen LogP contribution in [-0.4, -0.2) is 65.1 Å². The number of rotatable bonds is 5. The van der Waals surface area contributed by atoms with Gasteiger partial charge in [-0.2, -0.15) is 0 Å². The summed E-state index contributed by atoms with van der Waals surface area (Å²) in [7, 11) is 1.75. The van der Waals surface area contributed by atoms with Crippen LogP contribution in [0, 0.1) is 12.7 Å². The van der Waals surface area contributed by atoms with E-state index in [1.54, 1.807) is 48.0 Å². The Kier molecular flexibility index (Phi) is 8.35. The van der Waals surface area contributed by atoms with Gasteiger partial charge in [-0.15, -0.1) is 0 Å². The van der Waals surface area contributed by atoms with Gasteiger partial charge in [0.05, 0.1) is 17.0 Å². The number of amides is 2. The van der Waals surface area contributed by atoms with Gasteiger partial charge in [-0.05, 0) is 88.7 Å². The Morgan fingerprint density at radius 3 is 2.28 bits per heavy atom. The number of benzene rings is 2. The molecule has 1 saturated heterocycles. The molecule has 39 heavy (non-hydrogen) atoms. The number of hydrogen-bond donors (Lipinski definition) is 0. The van der Waals surface area contributed by atoms with Crippen LogP contribution in [0.5, 0.6) is 0 Å². The van der Waals surface area contributed by atoms with Crippen LogP contribution in [0.2, 0.25) is 0 Å². The molecule has 7 nitrogen and oxygen atoms in total. The number of piperazine rings is 1. The smallest absolute Gasteiger partial charge is 0.410 e. The molecule has 1 atom stereocenters. The quantitative estimate of drug-likeness (QED) is 0.409. The van der Waals surface area contributed by atoms with Crippen molar-refractivity contribution in [3.05, 3.63) is 83.3 Å². The summed E-state index contributed by atoms with van der Waals surface area (Å²) >= 11 is 0. The molecule has 2 amide bonds. The SMILES string of the molecule is Cc1nc(-c2ccc(F)cc2)ccc1C(=O)N(C)c1ccc(CN2CCN(C(=O)OC(C)(C)C)[C@@H](C)C2)cc1. The van der Waals surface area contributed by atoms with E-state index in [4.69, 9.17) is 4.74 Å². The fourth-order valence-corrected chi connectivity index (χ4v) is 4.72. The van der Waals surface area contributed by atoms with Crippen molar-refractivity contribution in [2.45, 2.75) is 52.8 Å². The van der Waals surface area contributed by atoms with Gasteiger partial charge in [0, 0.05) is 50.5 Å². The molecule has 0 saturated carbocycles. The van der Waals surface area contributed by atoms with Crippen molar-refractivity contribution in [1.29, 1.82) is 0 Å². The average Bonchev–Trinajstić information content (AvgIpc) is 2.88. The first-order valence-electron chi connectivity index (χ1n) is 13.2. The van der Waals surface area contributed by atoms with Crippen molar-refractivity contribution in [2.75, 3.05) is 31.6 Å². The molecule has 1 fully saturated rings. The molecule has 4 rings (SSSR count). The summed E-state index contributed by atoms with van der Waals surface area (Å²) in [4.78, 5) is 36.1. The van der Waals surface area contributed by atoms with E-state index in [9.17, 15) is 14.0 Å². The number of carbonyl (C=O) groups excluding carboxylic acids is 2. The van der Waals surface area contributed by atoms with Crippen LogP contribution in [-0.2, 0) is 11.3 Å². The lowest BCUT2D eigenvalue weighted by Gasteiger charge is -2.40. The maximum atomic E-state index is 13.3. The first-order chi connectivity index (χ1) is 18.4. The molecule has 0 aliphatic carbocycles. The number of hydrogen-bond acceptors (Lipinski definition) is 5. The van der Waals surface area contributed by atoms with Crippen LogP contribution < -0.4 is 4.90 Å². The third-order valence-corrected chi connectivity index (χ3v) is 6.83. The second-order valence-corrected chi connectivity index (χ2v) is 11.1. The Balaban J connectivity index is 1.36. The molecule has 8 heteroatoms. The molecule has 3 aromatic rings. The normalized spacial score (nSPS) is 16.2. The summed E-state index contributed by atoms with van der Waals surface area (Å²) in [6.45, 7) is 12.4. The predicted molar refractivity (Wildman–Crippen MR) is 151 cm³/mol. The number of aryl methyl sites for hydroxylation is 1. The van der Waals surface area contributed by atoms with Crippen LogP contribution in [0.3, 0.4) is 0 Å². The lowest BCUT2D eigenvalue weighted by atomic mass is 10.1. The van der Waals surface area contributed by atoms with Crippen molar-refractivity contribution in [3.8, 4) is 11.3 Å². The average molecular weight is 533 g/mol. The summed E-state index contributed by atoms with van der Waals surface area (Å²) in [5.41, 5.74) is 4.04. The second-order valence-electron chi connectivity index (χ2n) is 11.1. The molecule has 0 unspecified atom stereocenters. The standard InChI is InChI=1S/C31H37FN4O3/c1-21-19-35(17-18-36(21)30(38)39-31(3,4)5)20-23-7-13-26(14-8-23)34(6)29(37)27-15-16-28(33-22(27)2)24-9-11-25(32)12-10-24/h7-16,21H,17-20H2,1-6H3/t21-/m0/s1. The van der Waals surface area contributed by atoms with E-state index >= 15 is 0 Å². The monoisotopic (exact) mass is 532 g/mol. The summed E-state index contributed by atoms with van der Waals surface area (Å²) in [5, 5.41) is 0. The molecule has 0 radical (unpaired) electrons. The third-order valence-electron chi connectivity index (χ3n) is 6.83. The van der Waals surface area contributed by atoms with Crippen LogP contribution in [0.15, 0.2) is 60.7 Å². The number of nitrogens with zero attached hydrogens (tertiary/aromatic N) is 4. The molecule has 1 aromatic heterocycles. The summed E-state index contributed by atoms with van der Waals surface area (Å²) in [6, 6.07) is 17.7. The lowest BCUT2D eigenvalue weighted by Crippen LogP contribution is -2.54. The number of pyridine rings is 1. The minimum Gasteiger partial charge on any atom is -0.444 e. The summed E-state index contributed by atoms with van der Waals surface area (Å²) in [5.74, 6) is -0.448. The van der Waals surface area contributed by atoms with Crippen LogP contribution >= 0.6 is 0 Å². The molecule has 0 N–H and O–H groups in total. The number of halogens is 1. The molecule has 2 aromatic carbocycles. The van der Waals surface area contributed by atoms with Gasteiger partial charge in [-0.25, -0.2) is 9.18 Å². The maximum absolute atomic E-state index is 13.3. The van der Waals surface area contributed by atoms with E-state index in [1.807, 2.05) is 52.0 Å². The van der Waals surface area contributed by atoms with Gasteiger partial charge < -0.3 is 14.5 Å².